The lowest BCUT2D eigenvalue weighted by Gasteiger charge is -2.35. The molecule has 1 aromatic carbocycles. The number of amides is 1. The summed E-state index contributed by atoms with van der Waals surface area (Å²) < 4.78 is 0. The second-order valence-corrected chi connectivity index (χ2v) is 8.48. The van der Waals surface area contributed by atoms with Gasteiger partial charge in [0, 0.05) is 70.2 Å². The first kappa shape index (κ1) is 22.9. The molecule has 1 atom stereocenters. The Morgan fingerprint density at radius 1 is 1.03 bits per heavy atom. The van der Waals surface area contributed by atoms with Crippen LogP contribution in [0, 0.1) is 0 Å². The number of rotatable bonds is 7. The number of hydrogen-bond acceptors (Lipinski definition) is 5. The van der Waals surface area contributed by atoms with E-state index in [0.717, 1.165) is 64.0 Å². The summed E-state index contributed by atoms with van der Waals surface area (Å²) in [7, 11) is 0. The molecule has 3 heterocycles. The van der Waals surface area contributed by atoms with Crippen LogP contribution in [-0.2, 0) is 4.79 Å². The average Bonchev–Trinajstić information content (AvgIpc) is 3.34. The minimum absolute atomic E-state index is 0.173. The number of piperazine rings is 1. The molecule has 8 heteroatoms. The van der Waals surface area contributed by atoms with Crippen LogP contribution in [0.1, 0.15) is 19.8 Å². The van der Waals surface area contributed by atoms with Crippen molar-refractivity contribution < 1.29 is 4.79 Å². The molecule has 0 bridgehead atoms. The zero-order valence-corrected chi connectivity index (χ0v) is 19.5. The number of benzene rings is 1. The molecule has 0 spiro atoms. The van der Waals surface area contributed by atoms with Gasteiger partial charge in [0.15, 0.2) is 5.96 Å². The third kappa shape index (κ3) is 6.37. The summed E-state index contributed by atoms with van der Waals surface area (Å²) in [5.41, 5.74) is 1.26. The Labute approximate surface area is 196 Å². The summed E-state index contributed by atoms with van der Waals surface area (Å²) >= 11 is 0. The van der Waals surface area contributed by atoms with Crippen molar-refractivity contribution in [2.45, 2.75) is 25.8 Å². The van der Waals surface area contributed by atoms with Crippen LogP contribution in [0.15, 0.2) is 59.7 Å². The minimum Gasteiger partial charge on any atom is -0.369 e. The van der Waals surface area contributed by atoms with E-state index in [2.05, 4.69) is 61.6 Å². The van der Waals surface area contributed by atoms with Crippen molar-refractivity contribution in [3.63, 3.8) is 0 Å². The van der Waals surface area contributed by atoms with Gasteiger partial charge in [-0.25, -0.2) is 4.98 Å². The molecule has 2 fully saturated rings. The molecule has 0 saturated carbocycles. The Hall–Kier alpha value is -3.29. The highest BCUT2D eigenvalue weighted by Crippen LogP contribution is 2.19. The van der Waals surface area contributed by atoms with Crippen LogP contribution < -0.4 is 20.4 Å². The first-order valence-corrected chi connectivity index (χ1v) is 12.0. The maximum Gasteiger partial charge on any atom is 0.224 e. The van der Waals surface area contributed by atoms with E-state index in [0.29, 0.717) is 19.0 Å². The molecule has 1 aromatic heterocycles. The molecule has 2 aliphatic heterocycles. The molecular weight excluding hydrogens is 414 g/mol. The second-order valence-electron chi connectivity index (χ2n) is 8.48. The maximum atomic E-state index is 12.7. The number of aromatic nitrogens is 1. The van der Waals surface area contributed by atoms with Crippen LogP contribution in [0.25, 0.3) is 0 Å². The third-order valence-electron chi connectivity index (χ3n) is 6.20. The summed E-state index contributed by atoms with van der Waals surface area (Å²) in [4.78, 5) is 28.4. The number of nitrogens with zero attached hydrogens (tertiary/aromatic N) is 5. The molecule has 0 aliphatic carbocycles. The normalized spacial score (nSPS) is 19.0. The summed E-state index contributed by atoms with van der Waals surface area (Å²) in [5.74, 6) is 1.95. The predicted molar refractivity (Wildman–Crippen MR) is 134 cm³/mol. The van der Waals surface area contributed by atoms with Gasteiger partial charge >= 0.3 is 0 Å². The van der Waals surface area contributed by atoms with E-state index >= 15 is 0 Å². The quantitative estimate of drug-likeness (QED) is 0.497. The van der Waals surface area contributed by atoms with Gasteiger partial charge in [0.05, 0.1) is 6.54 Å². The van der Waals surface area contributed by atoms with Crippen molar-refractivity contribution >= 4 is 23.4 Å². The first-order valence-electron chi connectivity index (χ1n) is 12.0. The van der Waals surface area contributed by atoms with Gasteiger partial charge < -0.3 is 25.3 Å². The molecule has 1 unspecified atom stereocenters. The van der Waals surface area contributed by atoms with E-state index in [-0.39, 0.29) is 5.91 Å². The fraction of sp³-hybridized carbons (Fsp3) is 0.480. The van der Waals surface area contributed by atoms with Gasteiger partial charge in [0.1, 0.15) is 5.82 Å². The monoisotopic (exact) mass is 449 g/mol. The molecule has 2 saturated heterocycles. The summed E-state index contributed by atoms with van der Waals surface area (Å²) in [6.07, 6.45) is 3.31. The largest absolute Gasteiger partial charge is 0.369 e. The highest BCUT2D eigenvalue weighted by Gasteiger charge is 2.24. The van der Waals surface area contributed by atoms with Crippen molar-refractivity contribution in [2.24, 2.45) is 4.99 Å². The predicted octanol–water partition coefficient (Wildman–Crippen LogP) is 1.95. The molecular formula is C25H35N7O. The van der Waals surface area contributed by atoms with Crippen LogP contribution in [0.4, 0.5) is 11.5 Å². The number of pyridine rings is 1. The first-order chi connectivity index (χ1) is 16.2. The van der Waals surface area contributed by atoms with Crippen molar-refractivity contribution in [3.8, 4) is 0 Å². The van der Waals surface area contributed by atoms with Crippen LogP contribution in [0.2, 0.25) is 0 Å². The number of para-hydroxylation sites is 1. The highest BCUT2D eigenvalue weighted by atomic mass is 16.2. The SMILES string of the molecule is CCNC(=NCCC(=O)N1CCN(c2ccccn2)CC1)NC1CCN(c2ccccc2)C1. The molecule has 33 heavy (non-hydrogen) atoms. The lowest BCUT2D eigenvalue weighted by Crippen LogP contribution is -2.49. The fourth-order valence-corrected chi connectivity index (χ4v) is 4.41. The number of carbonyl (C=O) groups is 1. The zero-order chi connectivity index (χ0) is 22.9. The maximum absolute atomic E-state index is 12.7. The van der Waals surface area contributed by atoms with E-state index in [9.17, 15) is 4.79 Å². The van der Waals surface area contributed by atoms with Gasteiger partial charge in [0.2, 0.25) is 5.91 Å². The summed E-state index contributed by atoms with van der Waals surface area (Å²) in [6.45, 7) is 8.43. The fourth-order valence-electron chi connectivity index (χ4n) is 4.41. The molecule has 8 nitrogen and oxygen atoms in total. The number of aliphatic imine (C=N–C) groups is 1. The molecule has 4 rings (SSSR count). The standard InChI is InChI=1S/C25H35N7O/c1-2-26-25(29-21-12-15-32(20-21)22-8-4-3-5-9-22)28-14-11-24(33)31-18-16-30(17-19-31)23-10-6-7-13-27-23/h3-10,13,21H,2,11-12,14-20H2,1H3,(H2,26,28,29). The Morgan fingerprint density at radius 2 is 1.82 bits per heavy atom. The van der Waals surface area contributed by atoms with Crippen molar-refractivity contribution in [1.82, 2.24) is 20.5 Å². The van der Waals surface area contributed by atoms with Crippen molar-refractivity contribution in [1.29, 1.82) is 0 Å². The number of anilines is 2. The summed E-state index contributed by atoms with van der Waals surface area (Å²) in [6, 6.07) is 16.8. The molecule has 1 amide bonds. The van der Waals surface area contributed by atoms with Crippen LogP contribution in [0.5, 0.6) is 0 Å². The van der Waals surface area contributed by atoms with Crippen molar-refractivity contribution in [2.75, 3.05) is 62.2 Å². The van der Waals surface area contributed by atoms with E-state index in [4.69, 9.17) is 0 Å². The second kappa shape index (κ2) is 11.5. The number of guanidine groups is 1. The Balaban J connectivity index is 1.22. The van der Waals surface area contributed by atoms with Crippen LogP contribution in [-0.4, -0.2) is 80.2 Å². The molecule has 2 aliphatic rings. The average molecular weight is 450 g/mol. The van der Waals surface area contributed by atoms with Crippen LogP contribution >= 0.6 is 0 Å². The third-order valence-corrected chi connectivity index (χ3v) is 6.20. The van der Waals surface area contributed by atoms with Gasteiger partial charge in [-0.05, 0) is 37.6 Å². The van der Waals surface area contributed by atoms with Gasteiger partial charge in [-0.15, -0.1) is 0 Å². The Bertz CT molecular complexity index is 897. The number of hydrogen-bond donors (Lipinski definition) is 2. The highest BCUT2D eigenvalue weighted by molar-refractivity contribution is 5.81. The number of carbonyl (C=O) groups excluding carboxylic acids is 1. The van der Waals surface area contributed by atoms with E-state index in [1.54, 1.807) is 0 Å². The Kier molecular flexibility index (Phi) is 8.00. The molecule has 176 valence electrons. The van der Waals surface area contributed by atoms with Gasteiger partial charge in [-0.3, -0.25) is 9.79 Å². The molecule has 0 radical (unpaired) electrons. The number of nitrogens with one attached hydrogen (secondary N) is 2. The van der Waals surface area contributed by atoms with Gasteiger partial charge in [0.25, 0.3) is 0 Å². The molecule has 2 N–H and O–H groups in total. The lowest BCUT2D eigenvalue weighted by molar-refractivity contribution is -0.131. The summed E-state index contributed by atoms with van der Waals surface area (Å²) in [5, 5.41) is 6.88. The molecule has 2 aromatic rings. The topological polar surface area (TPSA) is 76.1 Å². The van der Waals surface area contributed by atoms with E-state index in [1.807, 2.05) is 35.4 Å². The smallest absolute Gasteiger partial charge is 0.224 e. The van der Waals surface area contributed by atoms with Gasteiger partial charge in [-0.1, -0.05) is 24.3 Å². The Morgan fingerprint density at radius 3 is 2.55 bits per heavy atom. The van der Waals surface area contributed by atoms with Crippen LogP contribution in [0.3, 0.4) is 0 Å². The minimum atomic E-state index is 0.173. The zero-order valence-electron chi connectivity index (χ0n) is 19.5. The van der Waals surface area contributed by atoms with E-state index < -0.39 is 0 Å². The van der Waals surface area contributed by atoms with Gasteiger partial charge in [-0.2, -0.15) is 0 Å². The lowest BCUT2D eigenvalue weighted by atomic mass is 10.2. The van der Waals surface area contributed by atoms with E-state index in [1.165, 1.54) is 5.69 Å². The van der Waals surface area contributed by atoms with Crippen molar-refractivity contribution in [3.05, 3.63) is 54.7 Å².